The van der Waals surface area contributed by atoms with E-state index in [4.69, 9.17) is 10.5 Å². The lowest BCUT2D eigenvalue weighted by molar-refractivity contribution is -0.133. The largest absolute Gasteiger partial charge is 0.491 e. The minimum Gasteiger partial charge on any atom is -0.491 e. The zero-order valence-electron chi connectivity index (χ0n) is 11.5. The van der Waals surface area contributed by atoms with Gasteiger partial charge in [-0.05, 0) is 30.9 Å². The van der Waals surface area contributed by atoms with Crippen LogP contribution < -0.4 is 10.5 Å². The number of amides is 1. The summed E-state index contributed by atoms with van der Waals surface area (Å²) in [5.41, 5.74) is 6.39. The predicted octanol–water partition coefficient (Wildman–Crippen LogP) is 2.30. The van der Waals surface area contributed by atoms with Gasteiger partial charge in [-0.2, -0.15) is 0 Å². The highest BCUT2D eigenvalue weighted by molar-refractivity contribution is 5.76. The molecule has 1 amide bonds. The SMILES string of the molecule is CC1CCCN(C(=O)CCOc2ccccc2N)C1. The first-order valence-corrected chi connectivity index (χ1v) is 6.92. The number of carbonyl (C=O) groups is 1. The highest BCUT2D eigenvalue weighted by Crippen LogP contribution is 2.20. The maximum absolute atomic E-state index is 12.0. The van der Waals surface area contributed by atoms with Crippen LogP contribution in [0.1, 0.15) is 26.2 Å². The number of likely N-dealkylation sites (tertiary alicyclic amines) is 1. The van der Waals surface area contributed by atoms with E-state index in [0.29, 0.717) is 30.4 Å². The average molecular weight is 262 g/mol. The molecule has 0 saturated carbocycles. The lowest BCUT2D eigenvalue weighted by atomic mass is 10.0. The molecule has 1 saturated heterocycles. The molecule has 4 heteroatoms. The Morgan fingerprint density at radius 3 is 3.00 bits per heavy atom. The number of nitrogens with zero attached hydrogens (tertiary/aromatic N) is 1. The number of carbonyl (C=O) groups excluding carboxylic acids is 1. The molecule has 2 N–H and O–H groups in total. The van der Waals surface area contributed by atoms with Gasteiger partial charge in [-0.3, -0.25) is 4.79 Å². The fraction of sp³-hybridized carbons (Fsp3) is 0.533. The second kappa shape index (κ2) is 6.45. The lowest BCUT2D eigenvalue weighted by Gasteiger charge is -2.31. The number of para-hydroxylation sites is 2. The van der Waals surface area contributed by atoms with Gasteiger partial charge in [0.15, 0.2) is 0 Å². The Morgan fingerprint density at radius 1 is 1.47 bits per heavy atom. The first-order valence-electron chi connectivity index (χ1n) is 6.92. The number of nitrogens with two attached hydrogens (primary N) is 1. The minimum atomic E-state index is 0.182. The normalized spacial score (nSPS) is 19.2. The average Bonchev–Trinajstić information content (AvgIpc) is 2.41. The van der Waals surface area contributed by atoms with Crippen LogP contribution in [0.3, 0.4) is 0 Å². The van der Waals surface area contributed by atoms with Crippen LogP contribution in [0.15, 0.2) is 24.3 Å². The van der Waals surface area contributed by atoms with Gasteiger partial charge in [-0.1, -0.05) is 19.1 Å². The summed E-state index contributed by atoms with van der Waals surface area (Å²) in [7, 11) is 0. The zero-order valence-corrected chi connectivity index (χ0v) is 11.5. The summed E-state index contributed by atoms with van der Waals surface area (Å²) in [6, 6.07) is 7.36. The number of hydrogen-bond donors (Lipinski definition) is 1. The van der Waals surface area contributed by atoms with Crippen molar-refractivity contribution in [3.8, 4) is 5.75 Å². The van der Waals surface area contributed by atoms with Gasteiger partial charge in [0.1, 0.15) is 5.75 Å². The molecule has 0 radical (unpaired) electrons. The molecule has 4 nitrogen and oxygen atoms in total. The molecule has 0 aromatic heterocycles. The number of benzene rings is 1. The Bertz CT molecular complexity index is 434. The zero-order chi connectivity index (χ0) is 13.7. The fourth-order valence-electron chi connectivity index (χ4n) is 2.43. The number of ether oxygens (including phenoxy) is 1. The Morgan fingerprint density at radius 2 is 2.26 bits per heavy atom. The molecule has 1 aliphatic rings. The van der Waals surface area contributed by atoms with Crippen molar-refractivity contribution in [3.05, 3.63) is 24.3 Å². The van der Waals surface area contributed by atoms with Crippen molar-refractivity contribution in [3.63, 3.8) is 0 Å². The van der Waals surface area contributed by atoms with E-state index in [1.165, 1.54) is 6.42 Å². The maximum atomic E-state index is 12.0. The molecular formula is C15H22N2O2. The fourth-order valence-corrected chi connectivity index (χ4v) is 2.43. The molecule has 1 fully saturated rings. The molecule has 1 unspecified atom stereocenters. The van der Waals surface area contributed by atoms with Gasteiger partial charge in [-0.25, -0.2) is 0 Å². The predicted molar refractivity (Wildman–Crippen MR) is 75.9 cm³/mol. The highest BCUT2D eigenvalue weighted by Gasteiger charge is 2.20. The van der Waals surface area contributed by atoms with Crippen LogP contribution in [0.4, 0.5) is 5.69 Å². The Kier molecular flexibility index (Phi) is 4.66. The van der Waals surface area contributed by atoms with Gasteiger partial charge in [0, 0.05) is 13.1 Å². The van der Waals surface area contributed by atoms with Gasteiger partial charge in [0.05, 0.1) is 18.7 Å². The monoisotopic (exact) mass is 262 g/mol. The third-order valence-electron chi connectivity index (χ3n) is 3.50. The lowest BCUT2D eigenvalue weighted by Crippen LogP contribution is -2.39. The summed E-state index contributed by atoms with van der Waals surface area (Å²) < 4.78 is 5.55. The van der Waals surface area contributed by atoms with Crippen molar-refractivity contribution in [2.45, 2.75) is 26.2 Å². The third-order valence-corrected chi connectivity index (χ3v) is 3.50. The Labute approximate surface area is 114 Å². The number of piperidine rings is 1. The van der Waals surface area contributed by atoms with E-state index in [1.54, 1.807) is 6.07 Å². The number of hydrogen-bond acceptors (Lipinski definition) is 3. The van der Waals surface area contributed by atoms with Gasteiger partial charge in [0.2, 0.25) is 5.91 Å². The van der Waals surface area contributed by atoms with Gasteiger partial charge in [0.25, 0.3) is 0 Å². The first-order chi connectivity index (χ1) is 9.16. The molecule has 1 aromatic carbocycles. The number of rotatable bonds is 4. The van der Waals surface area contributed by atoms with Crippen molar-refractivity contribution in [1.29, 1.82) is 0 Å². The topological polar surface area (TPSA) is 55.6 Å². The molecule has 1 aliphatic heterocycles. The molecule has 2 rings (SSSR count). The minimum absolute atomic E-state index is 0.182. The molecule has 1 aromatic rings. The molecule has 0 spiro atoms. The smallest absolute Gasteiger partial charge is 0.226 e. The summed E-state index contributed by atoms with van der Waals surface area (Å²) in [5.74, 6) is 1.45. The second-order valence-corrected chi connectivity index (χ2v) is 5.22. The van der Waals surface area contributed by atoms with Crippen LogP contribution in [-0.4, -0.2) is 30.5 Å². The summed E-state index contributed by atoms with van der Waals surface area (Å²) in [5, 5.41) is 0. The first kappa shape index (κ1) is 13.7. The van der Waals surface area contributed by atoms with Crippen LogP contribution in [-0.2, 0) is 4.79 Å². The van der Waals surface area contributed by atoms with Crippen molar-refractivity contribution in [2.75, 3.05) is 25.4 Å². The summed E-state index contributed by atoms with van der Waals surface area (Å²) in [6.45, 7) is 4.35. The van der Waals surface area contributed by atoms with Crippen LogP contribution in [0.2, 0.25) is 0 Å². The molecule has 19 heavy (non-hydrogen) atoms. The van der Waals surface area contributed by atoms with Crippen molar-refractivity contribution in [1.82, 2.24) is 4.90 Å². The van der Waals surface area contributed by atoms with E-state index in [1.807, 2.05) is 23.1 Å². The molecule has 1 heterocycles. The highest BCUT2D eigenvalue weighted by atomic mass is 16.5. The van der Waals surface area contributed by atoms with E-state index in [2.05, 4.69) is 6.92 Å². The molecule has 0 aliphatic carbocycles. The van der Waals surface area contributed by atoms with Crippen molar-refractivity contribution in [2.24, 2.45) is 5.92 Å². The Hall–Kier alpha value is -1.71. The standard InChI is InChI=1S/C15H22N2O2/c1-12-5-4-9-17(11-12)15(18)8-10-19-14-7-3-2-6-13(14)16/h2-3,6-7,12H,4-5,8-11,16H2,1H3. The van der Waals surface area contributed by atoms with Gasteiger partial charge < -0.3 is 15.4 Å². The Balaban J connectivity index is 1.76. The molecule has 1 atom stereocenters. The summed E-state index contributed by atoms with van der Waals surface area (Å²) >= 11 is 0. The van der Waals surface area contributed by atoms with Gasteiger partial charge >= 0.3 is 0 Å². The third kappa shape index (κ3) is 3.88. The molecule has 104 valence electrons. The van der Waals surface area contributed by atoms with Crippen LogP contribution >= 0.6 is 0 Å². The van der Waals surface area contributed by atoms with Gasteiger partial charge in [-0.15, -0.1) is 0 Å². The van der Waals surface area contributed by atoms with Crippen molar-refractivity contribution >= 4 is 11.6 Å². The van der Waals surface area contributed by atoms with E-state index >= 15 is 0 Å². The van der Waals surface area contributed by atoms with Crippen LogP contribution in [0.25, 0.3) is 0 Å². The van der Waals surface area contributed by atoms with E-state index in [-0.39, 0.29) is 5.91 Å². The van der Waals surface area contributed by atoms with E-state index in [9.17, 15) is 4.79 Å². The van der Waals surface area contributed by atoms with Crippen molar-refractivity contribution < 1.29 is 9.53 Å². The summed E-state index contributed by atoms with van der Waals surface area (Å²) in [4.78, 5) is 14.0. The summed E-state index contributed by atoms with van der Waals surface area (Å²) in [6.07, 6.45) is 2.75. The van der Waals surface area contributed by atoms with E-state index < -0.39 is 0 Å². The number of nitrogen functional groups attached to an aromatic ring is 1. The maximum Gasteiger partial charge on any atom is 0.226 e. The van der Waals surface area contributed by atoms with Crippen LogP contribution in [0, 0.1) is 5.92 Å². The molecule has 0 bridgehead atoms. The molecular weight excluding hydrogens is 240 g/mol. The van der Waals surface area contributed by atoms with E-state index in [0.717, 1.165) is 19.5 Å². The number of anilines is 1. The quantitative estimate of drug-likeness (QED) is 0.847. The van der Waals surface area contributed by atoms with Crippen LogP contribution in [0.5, 0.6) is 5.75 Å². The second-order valence-electron chi connectivity index (χ2n) is 5.22.